The molecular weight excluding hydrogens is 356 g/mol. The van der Waals surface area contributed by atoms with E-state index in [1.807, 2.05) is 35.2 Å². The maximum absolute atomic E-state index is 13.4. The van der Waals surface area contributed by atoms with Crippen molar-refractivity contribution in [2.24, 2.45) is 0 Å². The zero-order valence-corrected chi connectivity index (χ0v) is 15.0. The van der Waals surface area contributed by atoms with Crippen LogP contribution in [0, 0.1) is 0 Å². The summed E-state index contributed by atoms with van der Waals surface area (Å²) in [5.41, 5.74) is 3.79. The Bertz CT molecular complexity index is 1110. The van der Waals surface area contributed by atoms with E-state index in [0.717, 1.165) is 22.3 Å². The highest BCUT2D eigenvalue weighted by Gasteiger charge is 2.31. The van der Waals surface area contributed by atoms with E-state index < -0.39 is 0 Å². The molecule has 4 aromatic heterocycles. The smallest absolute Gasteiger partial charge is 0.256 e. The van der Waals surface area contributed by atoms with E-state index in [4.69, 9.17) is 4.74 Å². The minimum Gasteiger partial charge on any atom is -0.377 e. The third kappa shape index (κ3) is 2.84. The molecule has 0 aromatic carbocycles. The Morgan fingerprint density at radius 1 is 1.21 bits per heavy atom. The number of nitrogens with one attached hydrogen (secondary N) is 2. The van der Waals surface area contributed by atoms with Crippen LogP contribution in [-0.2, 0) is 4.74 Å². The van der Waals surface area contributed by atoms with Gasteiger partial charge < -0.3 is 14.6 Å². The van der Waals surface area contributed by atoms with Crippen LogP contribution in [0.2, 0.25) is 0 Å². The number of hydrogen-bond acceptors (Lipinski definition) is 5. The quantitative estimate of drug-likeness (QED) is 0.574. The zero-order valence-electron chi connectivity index (χ0n) is 15.0. The van der Waals surface area contributed by atoms with Crippen LogP contribution in [0.1, 0.15) is 22.1 Å². The van der Waals surface area contributed by atoms with E-state index in [0.29, 0.717) is 31.0 Å². The van der Waals surface area contributed by atoms with Crippen molar-refractivity contribution < 1.29 is 9.53 Å². The molecule has 1 saturated heterocycles. The molecule has 8 heteroatoms. The van der Waals surface area contributed by atoms with E-state index in [1.54, 1.807) is 24.8 Å². The van der Waals surface area contributed by atoms with Gasteiger partial charge in [-0.05, 0) is 24.3 Å². The number of carbonyl (C=O) groups is 1. The Morgan fingerprint density at radius 3 is 3.00 bits per heavy atom. The third-order valence-corrected chi connectivity index (χ3v) is 4.98. The van der Waals surface area contributed by atoms with Gasteiger partial charge in [-0.15, -0.1) is 0 Å². The molecule has 0 radical (unpaired) electrons. The SMILES string of the molecule is O=C(c1c[nH]c2nc(-c3cn[nH]c3)ccc12)N1CCOCC1c1ccccn1. The molecule has 1 unspecified atom stereocenters. The monoisotopic (exact) mass is 374 g/mol. The second-order valence-corrected chi connectivity index (χ2v) is 6.63. The molecule has 28 heavy (non-hydrogen) atoms. The number of ether oxygens (including phenoxy) is 1. The third-order valence-electron chi connectivity index (χ3n) is 4.98. The van der Waals surface area contributed by atoms with Crippen molar-refractivity contribution in [1.82, 2.24) is 30.0 Å². The summed E-state index contributed by atoms with van der Waals surface area (Å²) in [6, 6.07) is 9.33. The number of aromatic nitrogens is 5. The van der Waals surface area contributed by atoms with Crippen molar-refractivity contribution in [3.8, 4) is 11.3 Å². The maximum atomic E-state index is 13.4. The first-order valence-corrected chi connectivity index (χ1v) is 9.08. The van der Waals surface area contributed by atoms with Gasteiger partial charge in [0.25, 0.3) is 5.91 Å². The highest BCUT2D eigenvalue weighted by molar-refractivity contribution is 6.06. The number of nitrogens with zero attached hydrogens (tertiary/aromatic N) is 4. The fourth-order valence-corrected chi connectivity index (χ4v) is 3.55. The summed E-state index contributed by atoms with van der Waals surface area (Å²) < 4.78 is 5.62. The van der Waals surface area contributed by atoms with E-state index in [1.165, 1.54) is 0 Å². The lowest BCUT2D eigenvalue weighted by Crippen LogP contribution is -2.43. The van der Waals surface area contributed by atoms with Gasteiger partial charge in [0, 0.05) is 36.1 Å². The second kappa shape index (κ2) is 6.90. The highest BCUT2D eigenvalue weighted by atomic mass is 16.5. The van der Waals surface area contributed by atoms with Gasteiger partial charge in [-0.3, -0.25) is 14.9 Å². The van der Waals surface area contributed by atoms with E-state index in [-0.39, 0.29) is 11.9 Å². The van der Waals surface area contributed by atoms with Crippen molar-refractivity contribution in [3.63, 3.8) is 0 Å². The minimum atomic E-state index is -0.203. The molecule has 140 valence electrons. The van der Waals surface area contributed by atoms with Gasteiger partial charge in [-0.1, -0.05) is 6.07 Å². The molecule has 2 N–H and O–H groups in total. The largest absolute Gasteiger partial charge is 0.377 e. The highest BCUT2D eigenvalue weighted by Crippen LogP contribution is 2.28. The van der Waals surface area contributed by atoms with Crippen LogP contribution in [0.25, 0.3) is 22.3 Å². The fraction of sp³-hybridized carbons (Fsp3) is 0.200. The van der Waals surface area contributed by atoms with Gasteiger partial charge in [-0.25, -0.2) is 4.98 Å². The number of amides is 1. The molecule has 8 nitrogen and oxygen atoms in total. The number of morpholine rings is 1. The molecule has 1 fully saturated rings. The molecule has 0 bridgehead atoms. The van der Waals surface area contributed by atoms with Crippen molar-refractivity contribution >= 4 is 16.9 Å². The second-order valence-electron chi connectivity index (χ2n) is 6.63. The summed E-state index contributed by atoms with van der Waals surface area (Å²) in [5, 5.41) is 7.54. The van der Waals surface area contributed by atoms with Crippen molar-refractivity contribution in [1.29, 1.82) is 0 Å². The number of hydrogen-bond donors (Lipinski definition) is 2. The summed E-state index contributed by atoms with van der Waals surface area (Å²) in [6.07, 6.45) is 6.96. The molecule has 0 aliphatic carbocycles. The molecule has 1 aliphatic rings. The molecule has 1 aliphatic heterocycles. The molecule has 5 rings (SSSR count). The predicted molar refractivity (Wildman–Crippen MR) is 103 cm³/mol. The Kier molecular flexibility index (Phi) is 4.10. The summed E-state index contributed by atoms with van der Waals surface area (Å²) >= 11 is 0. The van der Waals surface area contributed by atoms with Crippen LogP contribution in [0.5, 0.6) is 0 Å². The van der Waals surface area contributed by atoms with Gasteiger partial charge in [0.2, 0.25) is 0 Å². The molecule has 4 aromatic rings. The Morgan fingerprint density at radius 2 is 2.18 bits per heavy atom. The van der Waals surface area contributed by atoms with E-state index >= 15 is 0 Å². The van der Waals surface area contributed by atoms with E-state index in [9.17, 15) is 4.79 Å². The number of pyridine rings is 2. The Hall–Kier alpha value is -3.52. The van der Waals surface area contributed by atoms with E-state index in [2.05, 4.69) is 25.1 Å². The molecule has 0 spiro atoms. The number of fused-ring (bicyclic) bond motifs is 1. The number of carbonyl (C=O) groups excluding carboxylic acids is 1. The summed E-state index contributed by atoms with van der Waals surface area (Å²) in [5.74, 6) is -0.0527. The van der Waals surface area contributed by atoms with Gasteiger partial charge in [0.1, 0.15) is 5.65 Å². The first kappa shape index (κ1) is 16.6. The fourth-order valence-electron chi connectivity index (χ4n) is 3.55. The average molecular weight is 374 g/mol. The van der Waals surface area contributed by atoms with Crippen molar-refractivity contribution in [3.05, 3.63) is 66.4 Å². The van der Waals surface area contributed by atoms with Crippen molar-refractivity contribution in [2.45, 2.75) is 6.04 Å². The summed E-state index contributed by atoms with van der Waals surface area (Å²) in [7, 11) is 0. The number of aromatic amines is 2. The van der Waals surface area contributed by atoms with Gasteiger partial charge in [0.05, 0.1) is 42.4 Å². The Labute approximate surface area is 160 Å². The number of H-pyrrole nitrogens is 2. The lowest BCUT2D eigenvalue weighted by atomic mass is 10.1. The average Bonchev–Trinajstić information content (AvgIpc) is 3.43. The van der Waals surface area contributed by atoms with Crippen LogP contribution < -0.4 is 0 Å². The maximum Gasteiger partial charge on any atom is 0.256 e. The lowest BCUT2D eigenvalue weighted by Gasteiger charge is -2.35. The molecular formula is C20H18N6O2. The summed E-state index contributed by atoms with van der Waals surface area (Å²) in [6.45, 7) is 1.47. The van der Waals surface area contributed by atoms with Crippen LogP contribution in [-0.4, -0.2) is 55.7 Å². The molecule has 0 saturated carbocycles. The minimum absolute atomic E-state index is 0.0527. The summed E-state index contributed by atoms with van der Waals surface area (Å²) in [4.78, 5) is 27.3. The van der Waals surface area contributed by atoms with Crippen LogP contribution in [0.15, 0.2) is 55.1 Å². The topological polar surface area (TPSA) is 99.8 Å². The van der Waals surface area contributed by atoms with Gasteiger partial charge >= 0.3 is 0 Å². The first-order valence-electron chi connectivity index (χ1n) is 9.08. The zero-order chi connectivity index (χ0) is 18.9. The molecule has 1 amide bonds. The first-order chi connectivity index (χ1) is 13.8. The predicted octanol–water partition coefficient (Wildman–Crippen LogP) is 2.56. The van der Waals surface area contributed by atoms with Crippen LogP contribution >= 0.6 is 0 Å². The lowest BCUT2D eigenvalue weighted by molar-refractivity contribution is -0.00379. The number of rotatable bonds is 3. The Balaban J connectivity index is 1.49. The van der Waals surface area contributed by atoms with Crippen LogP contribution in [0.4, 0.5) is 0 Å². The molecule has 5 heterocycles. The van der Waals surface area contributed by atoms with Crippen molar-refractivity contribution in [2.75, 3.05) is 19.8 Å². The standard InChI is InChI=1S/C20H18N6O2/c27-20(26-7-8-28-12-18(26)17-3-1-2-6-21-17)15-11-22-19-14(15)4-5-16(25-19)13-9-23-24-10-13/h1-6,9-11,18H,7-8,12H2,(H,22,25)(H,23,24). The van der Waals surface area contributed by atoms with Gasteiger partial charge in [-0.2, -0.15) is 5.10 Å². The van der Waals surface area contributed by atoms with Gasteiger partial charge in [0.15, 0.2) is 0 Å². The van der Waals surface area contributed by atoms with Crippen LogP contribution in [0.3, 0.4) is 0 Å². The normalized spacial score (nSPS) is 17.1. The molecule has 1 atom stereocenters.